The Kier molecular flexibility index (Phi) is 7.08. The maximum absolute atomic E-state index is 13.5. The number of carbonyl (C=O) groups excluding carboxylic acids is 2. The minimum absolute atomic E-state index is 0.235. The molecule has 0 radical (unpaired) electrons. The summed E-state index contributed by atoms with van der Waals surface area (Å²) >= 11 is 1.15. The van der Waals surface area contributed by atoms with E-state index < -0.39 is 11.1 Å². The van der Waals surface area contributed by atoms with Crippen molar-refractivity contribution in [1.29, 1.82) is 0 Å². The van der Waals surface area contributed by atoms with Crippen LogP contribution in [0.15, 0.2) is 89.6 Å². The van der Waals surface area contributed by atoms with Crippen LogP contribution in [0, 0.1) is 5.82 Å². The standard InChI is InChI=1S/C26H22FN3O3S/c1-17(24(31)28-20-9-6-10-22(16-20)33-2)34-26-29-23(15-18-7-4-3-5-8-18)25(32)30(26)21-13-11-19(27)12-14-21/h3-17H,1-2H3,(H,28,31)/b23-15-. The predicted molar refractivity (Wildman–Crippen MR) is 134 cm³/mol. The first kappa shape index (κ1) is 23.3. The molecule has 6 nitrogen and oxygen atoms in total. The number of aliphatic imine (C=N–C) groups is 1. The molecule has 2 amide bonds. The van der Waals surface area contributed by atoms with Gasteiger partial charge in [-0.3, -0.25) is 14.5 Å². The van der Waals surface area contributed by atoms with Gasteiger partial charge in [0, 0.05) is 11.8 Å². The van der Waals surface area contributed by atoms with E-state index in [9.17, 15) is 14.0 Å². The van der Waals surface area contributed by atoms with Crippen molar-refractivity contribution < 1.29 is 18.7 Å². The highest BCUT2D eigenvalue weighted by Crippen LogP contribution is 2.31. The predicted octanol–water partition coefficient (Wildman–Crippen LogP) is 5.34. The molecule has 172 valence electrons. The molecule has 3 aromatic carbocycles. The van der Waals surface area contributed by atoms with Crippen molar-refractivity contribution in [3.05, 3.63) is 95.9 Å². The monoisotopic (exact) mass is 475 g/mol. The maximum atomic E-state index is 13.5. The first-order valence-electron chi connectivity index (χ1n) is 10.5. The van der Waals surface area contributed by atoms with Gasteiger partial charge >= 0.3 is 0 Å². The summed E-state index contributed by atoms with van der Waals surface area (Å²) < 4.78 is 18.7. The van der Waals surface area contributed by atoms with Gasteiger partial charge in [0.2, 0.25) is 5.91 Å². The van der Waals surface area contributed by atoms with Crippen LogP contribution in [0.1, 0.15) is 12.5 Å². The van der Waals surface area contributed by atoms with Gasteiger partial charge < -0.3 is 10.1 Å². The number of amides is 2. The fraction of sp³-hybridized carbons (Fsp3) is 0.115. The number of nitrogens with one attached hydrogen (secondary N) is 1. The average molecular weight is 476 g/mol. The lowest BCUT2D eigenvalue weighted by atomic mass is 10.2. The van der Waals surface area contributed by atoms with Crippen LogP contribution in [0.25, 0.3) is 6.08 Å². The summed E-state index contributed by atoms with van der Waals surface area (Å²) in [5.41, 5.74) is 2.12. The molecule has 4 rings (SSSR count). The SMILES string of the molecule is COc1cccc(NC(=O)C(C)SC2=N/C(=C\c3ccccc3)C(=O)N2c2ccc(F)cc2)c1. The van der Waals surface area contributed by atoms with Crippen molar-refractivity contribution in [3.8, 4) is 5.75 Å². The van der Waals surface area contributed by atoms with Crippen LogP contribution in [-0.2, 0) is 9.59 Å². The average Bonchev–Trinajstić information content (AvgIpc) is 3.14. The topological polar surface area (TPSA) is 71.0 Å². The summed E-state index contributed by atoms with van der Waals surface area (Å²) in [6.45, 7) is 1.73. The van der Waals surface area contributed by atoms with Gasteiger partial charge in [-0.1, -0.05) is 48.2 Å². The van der Waals surface area contributed by atoms with E-state index >= 15 is 0 Å². The van der Waals surface area contributed by atoms with Crippen LogP contribution >= 0.6 is 11.8 Å². The second-order valence-corrected chi connectivity index (χ2v) is 8.74. The minimum Gasteiger partial charge on any atom is -0.497 e. The van der Waals surface area contributed by atoms with Gasteiger partial charge in [0.15, 0.2) is 5.17 Å². The van der Waals surface area contributed by atoms with Crippen LogP contribution in [0.2, 0.25) is 0 Å². The summed E-state index contributed by atoms with van der Waals surface area (Å²) in [6, 6.07) is 22.0. The van der Waals surface area contributed by atoms with E-state index in [2.05, 4.69) is 10.3 Å². The molecule has 0 aliphatic carbocycles. The van der Waals surface area contributed by atoms with Gasteiger partial charge in [0.25, 0.3) is 5.91 Å². The van der Waals surface area contributed by atoms with Crippen LogP contribution < -0.4 is 15.0 Å². The van der Waals surface area contributed by atoms with Crippen molar-refractivity contribution in [2.75, 3.05) is 17.3 Å². The van der Waals surface area contributed by atoms with Crippen molar-refractivity contribution in [1.82, 2.24) is 0 Å². The Morgan fingerprint density at radius 3 is 2.53 bits per heavy atom. The van der Waals surface area contributed by atoms with E-state index in [0.717, 1.165) is 17.3 Å². The van der Waals surface area contributed by atoms with E-state index in [-0.39, 0.29) is 17.5 Å². The number of halogens is 1. The zero-order chi connectivity index (χ0) is 24.1. The van der Waals surface area contributed by atoms with Crippen molar-refractivity contribution in [3.63, 3.8) is 0 Å². The molecule has 1 N–H and O–H groups in total. The molecular weight excluding hydrogens is 453 g/mol. The number of amidine groups is 1. The number of ether oxygens (including phenoxy) is 1. The lowest BCUT2D eigenvalue weighted by molar-refractivity contribution is -0.115. The molecule has 1 heterocycles. The fourth-order valence-corrected chi connectivity index (χ4v) is 4.18. The Bertz CT molecular complexity index is 1260. The minimum atomic E-state index is -0.572. The summed E-state index contributed by atoms with van der Waals surface area (Å²) in [4.78, 5) is 32.0. The van der Waals surface area contributed by atoms with Gasteiger partial charge in [0.05, 0.1) is 18.0 Å². The lowest BCUT2D eigenvalue weighted by Crippen LogP contribution is -2.33. The first-order valence-corrected chi connectivity index (χ1v) is 11.4. The second-order valence-electron chi connectivity index (χ2n) is 7.43. The molecule has 0 fully saturated rings. The van der Waals surface area contributed by atoms with Crippen molar-refractivity contribution in [2.24, 2.45) is 4.99 Å². The molecule has 0 bridgehead atoms. The van der Waals surface area contributed by atoms with Gasteiger partial charge in [-0.05, 0) is 55.0 Å². The Balaban J connectivity index is 1.59. The van der Waals surface area contributed by atoms with E-state index in [1.54, 1.807) is 44.4 Å². The van der Waals surface area contributed by atoms with Crippen molar-refractivity contribution >= 4 is 46.2 Å². The molecule has 34 heavy (non-hydrogen) atoms. The van der Waals surface area contributed by atoms with Gasteiger partial charge in [0.1, 0.15) is 17.3 Å². The molecule has 0 aromatic heterocycles. The van der Waals surface area contributed by atoms with Crippen LogP contribution in [0.5, 0.6) is 5.75 Å². The molecule has 8 heteroatoms. The molecule has 3 aromatic rings. The van der Waals surface area contributed by atoms with Crippen LogP contribution in [0.3, 0.4) is 0 Å². The number of anilines is 2. The van der Waals surface area contributed by atoms with E-state index in [4.69, 9.17) is 4.74 Å². The van der Waals surface area contributed by atoms with Gasteiger partial charge in [-0.15, -0.1) is 0 Å². The molecule has 0 saturated carbocycles. The van der Waals surface area contributed by atoms with Crippen molar-refractivity contribution in [2.45, 2.75) is 12.2 Å². The Morgan fingerprint density at radius 1 is 1.09 bits per heavy atom. The summed E-state index contributed by atoms with van der Waals surface area (Å²) in [6.07, 6.45) is 1.69. The number of methoxy groups -OCH3 is 1. The number of thioether (sulfide) groups is 1. The number of carbonyl (C=O) groups is 2. The van der Waals surface area contributed by atoms with E-state index in [0.29, 0.717) is 22.3 Å². The molecule has 1 unspecified atom stereocenters. The number of benzene rings is 3. The quantitative estimate of drug-likeness (QED) is 0.489. The van der Waals surface area contributed by atoms with E-state index in [1.165, 1.54) is 29.2 Å². The largest absolute Gasteiger partial charge is 0.497 e. The molecule has 1 aliphatic heterocycles. The molecule has 0 saturated heterocycles. The normalized spacial score (nSPS) is 15.3. The molecule has 1 aliphatic rings. The summed E-state index contributed by atoms with van der Waals surface area (Å²) in [5, 5.41) is 2.62. The molecule has 1 atom stereocenters. The summed E-state index contributed by atoms with van der Waals surface area (Å²) in [7, 11) is 1.55. The number of nitrogens with zero attached hydrogens (tertiary/aromatic N) is 2. The third kappa shape index (κ3) is 5.35. The van der Waals surface area contributed by atoms with Gasteiger partial charge in [-0.25, -0.2) is 9.38 Å². The zero-order valence-electron chi connectivity index (χ0n) is 18.6. The molecule has 0 spiro atoms. The highest BCUT2D eigenvalue weighted by atomic mass is 32.2. The summed E-state index contributed by atoms with van der Waals surface area (Å²) in [5.74, 6) is -0.388. The number of hydrogen-bond acceptors (Lipinski definition) is 5. The maximum Gasteiger partial charge on any atom is 0.283 e. The zero-order valence-corrected chi connectivity index (χ0v) is 19.4. The Hall–Kier alpha value is -3.91. The third-order valence-corrected chi connectivity index (χ3v) is 6.06. The lowest BCUT2D eigenvalue weighted by Gasteiger charge is -2.20. The van der Waals surface area contributed by atoms with Crippen LogP contribution in [0.4, 0.5) is 15.8 Å². The second kappa shape index (κ2) is 10.4. The van der Waals surface area contributed by atoms with E-state index in [1.807, 2.05) is 30.3 Å². The highest BCUT2D eigenvalue weighted by molar-refractivity contribution is 8.15. The molecular formula is C26H22FN3O3S. The fourth-order valence-electron chi connectivity index (χ4n) is 3.26. The third-order valence-electron chi connectivity index (χ3n) is 5.01. The smallest absolute Gasteiger partial charge is 0.283 e. The highest BCUT2D eigenvalue weighted by Gasteiger charge is 2.34. The first-order chi connectivity index (χ1) is 16.4. The van der Waals surface area contributed by atoms with Crippen LogP contribution in [-0.4, -0.2) is 29.3 Å². The Morgan fingerprint density at radius 2 is 1.82 bits per heavy atom. The number of hydrogen-bond donors (Lipinski definition) is 1. The Labute approximate surface area is 201 Å². The van der Waals surface area contributed by atoms with Gasteiger partial charge in [-0.2, -0.15) is 0 Å². The number of rotatable bonds is 6.